The zero-order valence-electron chi connectivity index (χ0n) is 9.63. The molecule has 0 aromatic heterocycles. The number of nitrogens with zero attached hydrogens (tertiary/aromatic N) is 1. The molecular weight excluding hydrogens is 242 g/mol. The summed E-state index contributed by atoms with van der Waals surface area (Å²) in [5.74, 6) is -0.387. The van der Waals surface area contributed by atoms with Crippen LogP contribution in [0.25, 0.3) is 0 Å². The lowest BCUT2D eigenvalue weighted by molar-refractivity contribution is -0.145. The summed E-state index contributed by atoms with van der Waals surface area (Å²) >= 11 is 1.64. The van der Waals surface area contributed by atoms with E-state index >= 15 is 0 Å². The number of carbonyl (C=O) groups is 2. The van der Waals surface area contributed by atoms with Crippen molar-refractivity contribution < 1.29 is 19.4 Å². The second-order valence-corrected chi connectivity index (χ2v) is 5.75. The average Bonchev–Trinajstić information content (AvgIpc) is 2.27. The third kappa shape index (κ3) is 3.35. The number of rotatable bonds is 4. The number of hydrogen-bond acceptors (Lipinski definition) is 4. The molecule has 96 valence electrons. The largest absolute Gasteiger partial charge is 0.481 e. The van der Waals surface area contributed by atoms with Crippen LogP contribution < -0.4 is 0 Å². The molecule has 2 saturated heterocycles. The molecule has 0 saturated carbocycles. The highest BCUT2D eigenvalue weighted by Gasteiger charge is 2.28. The van der Waals surface area contributed by atoms with E-state index in [9.17, 15) is 9.59 Å². The minimum Gasteiger partial charge on any atom is -0.481 e. The van der Waals surface area contributed by atoms with Gasteiger partial charge in [-0.2, -0.15) is 0 Å². The lowest BCUT2D eigenvalue weighted by atomic mass is 9.97. The van der Waals surface area contributed by atoms with Gasteiger partial charge in [0.05, 0.1) is 30.1 Å². The number of thioether (sulfide) groups is 1. The number of carbonyl (C=O) groups excluding carboxylic acids is 1. The summed E-state index contributed by atoms with van der Waals surface area (Å²) in [5, 5.41) is 9.33. The molecule has 0 atom stereocenters. The van der Waals surface area contributed by atoms with Gasteiger partial charge in [-0.15, -0.1) is 11.8 Å². The Bertz CT molecular complexity index is 298. The standard InChI is InChI=1S/C11H17NO4S/c13-10(7-17-9-5-16-6-9)12-3-1-8(2-4-12)11(14)15/h8-9H,1-7H2,(H,14,15). The molecule has 0 aromatic carbocycles. The Kier molecular flexibility index (Phi) is 4.28. The average molecular weight is 259 g/mol. The van der Waals surface area contributed by atoms with Gasteiger partial charge in [-0.05, 0) is 12.8 Å². The first-order valence-corrected chi connectivity index (χ1v) is 6.91. The molecule has 0 aliphatic carbocycles. The van der Waals surface area contributed by atoms with Gasteiger partial charge in [-0.25, -0.2) is 0 Å². The van der Waals surface area contributed by atoms with Crippen molar-refractivity contribution in [3.8, 4) is 0 Å². The number of hydrogen-bond donors (Lipinski definition) is 1. The predicted octanol–water partition coefficient (Wildman–Crippen LogP) is 0.442. The van der Waals surface area contributed by atoms with E-state index in [-0.39, 0.29) is 11.8 Å². The topological polar surface area (TPSA) is 66.8 Å². The molecule has 0 bridgehead atoms. The van der Waals surface area contributed by atoms with Gasteiger partial charge in [0, 0.05) is 13.1 Å². The Hall–Kier alpha value is -0.750. The number of likely N-dealkylation sites (tertiary alicyclic amines) is 1. The first-order valence-electron chi connectivity index (χ1n) is 5.86. The van der Waals surface area contributed by atoms with Gasteiger partial charge in [-0.1, -0.05) is 0 Å². The Morgan fingerprint density at radius 1 is 1.29 bits per heavy atom. The third-order valence-corrected chi connectivity index (χ3v) is 4.40. The van der Waals surface area contributed by atoms with Crippen molar-refractivity contribution in [3.05, 3.63) is 0 Å². The Labute approximate surface area is 104 Å². The summed E-state index contributed by atoms with van der Waals surface area (Å²) in [6.07, 6.45) is 1.16. The lowest BCUT2D eigenvalue weighted by Gasteiger charge is -2.31. The molecular formula is C11H17NO4S. The molecule has 0 radical (unpaired) electrons. The molecule has 1 N–H and O–H groups in total. The minimum absolute atomic E-state index is 0.130. The molecule has 17 heavy (non-hydrogen) atoms. The van der Waals surface area contributed by atoms with E-state index in [2.05, 4.69) is 0 Å². The number of carboxylic acids is 1. The summed E-state index contributed by atoms with van der Waals surface area (Å²) in [7, 11) is 0. The first kappa shape index (κ1) is 12.7. The van der Waals surface area contributed by atoms with Crippen LogP contribution in [0.5, 0.6) is 0 Å². The number of carboxylic acid groups (broad SMARTS) is 1. The van der Waals surface area contributed by atoms with Crippen molar-refractivity contribution in [2.45, 2.75) is 18.1 Å². The number of aliphatic carboxylic acids is 1. The van der Waals surface area contributed by atoms with Crippen molar-refractivity contribution in [2.75, 3.05) is 32.1 Å². The zero-order valence-corrected chi connectivity index (χ0v) is 10.4. The van der Waals surface area contributed by atoms with Crippen LogP contribution in [0.2, 0.25) is 0 Å². The number of piperidine rings is 1. The summed E-state index contributed by atoms with van der Waals surface area (Å²) in [6.45, 7) is 2.66. The van der Waals surface area contributed by atoms with Crippen molar-refractivity contribution in [2.24, 2.45) is 5.92 Å². The van der Waals surface area contributed by atoms with Crippen LogP contribution in [-0.2, 0) is 14.3 Å². The monoisotopic (exact) mass is 259 g/mol. The Morgan fingerprint density at radius 2 is 1.94 bits per heavy atom. The Morgan fingerprint density at radius 3 is 2.41 bits per heavy atom. The first-order chi connectivity index (χ1) is 8.16. The highest BCUT2D eigenvalue weighted by Crippen LogP contribution is 2.21. The van der Waals surface area contributed by atoms with E-state index in [1.165, 1.54) is 0 Å². The van der Waals surface area contributed by atoms with Crippen molar-refractivity contribution in [3.63, 3.8) is 0 Å². The zero-order chi connectivity index (χ0) is 12.3. The van der Waals surface area contributed by atoms with Crippen LogP contribution in [0.3, 0.4) is 0 Å². The second-order valence-electron chi connectivity index (χ2n) is 4.46. The summed E-state index contributed by atoms with van der Waals surface area (Å²) in [4.78, 5) is 24.4. The molecule has 2 fully saturated rings. The van der Waals surface area contributed by atoms with Crippen molar-refractivity contribution >= 4 is 23.6 Å². The summed E-state index contributed by atoms with van der Waals surface area (Å²) in [5.41, 5.74) is 0. The van der Waals surface area contributed by atoms with Gasteiger partial charge in [-0.3, -0.25) is 9.59 Å². The van der Waals surface area contributed by atoms with Crippen LogP contribution >= 0.6 is 11.8 Å². The van der Waals surface area contributed by atoms with Crippen molar-refractivity contribution in [1.82, 2.24) is 4.90 Å². The highest BCUT2D eigenvalue weighted by atomic mass is 32.2. The molecule has 2 heterocycles. The van der Waals surface area contributed by atoms with E-state index < -0.39 is 5.97 Å². The Balaban J connectivity index is 1.68. The van der Waals surface area contributed by atoms with Crippen LogP contribution in [0.4, 0.5) is 0 Å². The fourth-order valence-electron chi connectivity index (χ4n) is 1.97. The lowest BCUT2D eigenvalue weighted by Crippen LogP contribution is -2.42. The minimum atomic E-state index is -0.738. The summed E-state index contributed by atoms with van der Waals surface area (Å²) < 4.78 is 5.04. The van der Waals surface area contributed by atoms with Gasteiger partial charge in [0.15, 0.2) is 0 Å². The van der Waals surface area contributed by atoms with Crippen LogP contribution in [0, 0.1) is 5.92 Å². The predicted molar refractivity (Wildman–Crippen MR) is 64.0 cm³/mol. The molecule has 2 aliphatic heterocycles. The van der Waals surface area contributed by atoms with Gasteiger partial charge >= 0.3 is 5.97 Å². The molecule has 0 spiro atoms. The molecule has 0 aromatic rings. The number of amides is 1. The molecule has 5 nitrogen and oxygen atoms in total. The maximum absolute atomic E-state index is 11.8. The SMILES string of the molecule is O=C(O)C1CCN(C(=O)CSC2COC2)CC1. The quantitative estimate of drug-likeness (QED) is 0.793. The number of ether oxygens (including phenoxy) is 1. The summed E-state index contributed by atoms with van der Waals surface area (Å²) in [6, 6.07) is 0. The van der Waals surface area contributed by atoms with E-state index in [1.54, 1.807) is 16.7 Å². The van der Waals surface area contributed by atoms with Gasteiger partial charge in [0.2, 0.25) is 5.91 Å². The molecule has 1 amide bonds. The second kappa shape index (κ2) is 5.73. The fraction of sp³-hybridized carbons (Fsp3) is 0.818. The highest BCUT2D eigenvalue weighted by molar-refractivity contribution is 8.00. The van der Waals surface area contributed by atoms with Crippen LogP contribution in [0.1, 0.15) is 12.8 Å². The van der Waals surface area contributed by atoms with Gasteiger partial charge in [0.1, 0.15) is 0 Å². The van der Waals surface area contributed by atoms with E-state index in [0.29, 0.717) is 36.9 Å². The third-order valence-electron chi connectivity index (χ3n) is 3.25. The van der Waals surface area contributed by atoms with Crippen LogP contribution in [0.15, 0.2) is 0 Å². The fourth-order valence-corrected chi connectivity index (χ4v) is 2.91. The smallest absolute Gasteiger partial charge is 0.306 e. The van der Waals surface area contributed by atoms with Crippen LogP contribution in [-0.4, -0.2) is 59.2 Å². The molecule has 0 unspecified atom stereocenters. The maximum atomic E-state index is 11.8. The molecule has 2 aliphatic rings. The van der Waals surface area contributed by atoms with E-state index in [0.717, 1.165) is 13.2 Å². The normalized spacial score (nSPS) is 22.2. The maximum Gasteiger partial charge on any atom is 0.306 e. The molecule has 2 rings (SSSR count). The van der Waals surface area contributed by atoms with Gasteiger partial charge < -0.3 is 14.7 Å². The van der Waals surface area contributed by atoms with Crippen molar-refractivity contribution in [1.29, 1.82) is 0 Å². The molecule has 6 heteroatoms. The van der Waals surface area contributed by atoms with E-state index in [4.69, 9.17) is 9.84 Å². The van der Waals surface area contributed by atoms with E-state index in [1.807, 2.05) is 0 Å². The van der Waals surface area contributed by atoms with Gasteiger partial charge in [0.25, 0.3) is 0 Å².